The van der Waals surface area contributed by atoms with E-state index in [1.54, 1.807) is 6.92 Å². The van der Waals surface area contributed by atoms with Crippen molar-refractivity contribution in [1.29, 1.82) is 0 Å². The highest BCUT2D eigenvalue weighted by Gasteiger charge is 2.68. The number of epoxide rings is 1. The van der Waals surface area contributed by atoms with E-state index >= 15 is 0 Å². The molecule has 0 saturated carbocycles. The number of hydrogen-bond donors (Lipinski definition) is 0. The predicted molar refractivity (Wildman–Crippen MR) is 87.8 cm³/mol. The van der Waals surface area contributed by atoms with Crippen molar-refractivity contribution in [3.05, 3.63) is 71.1 Å². The van der Waals surface area contributed by atoms with Gasteiger partial charge in [-0.3, -0.25) is 4.98 Å². The Morgan fingerprint density at radius 3 is 2.63 bits per heavy atom. The summed E-state index contributed by atoms with van der Waals surface area (Å²) >= 11 is 0. The van der Waals surface area contributed by atoms with E-state index in [9.17, 15) is 22.4 Å². The van der Waals surface area contributed by atoms with Crippen LogP contribution in [0.2, 0.25) is 0 Å². The van der Waals surface area contributed by atoms with Gasteiger partial charge in [0.25, 0.3) is 0 Å². The number of ether oxygens (including phenoxy) is 2. The van der Waals surface area contributed by atoms with Gasteiger partial charge >= 0.3 is 11.9 Å². The van der Waals surface area contributed by atoms with E-state index in [2.05, 4.69) is 4.98 Å². The van der Waals surface area contributed by atoms with Crippen molar-refractivity contribution in [2.45, 2.75) is 18.4 Å². The summed E-state index contributed by atoms with van der Waals surface area (Å²) in [5, 5.41) is 0. The Bertz CT molecular complexity index is 877. The molecule has 0 radical (unpaired) electrons. The highest BCUT2D eigenvalue weighted by molar-refractivity contribution is 5.86. The van der Waals surface area contributed by atoms with Crippen LogP contribution in [0.4, 0.5) is 17.6 Å². The van der Waals surface area contributed by atoms with Crippen LogP contribution in [-0.2, 0) is 25.8 Å². The summed E-state index contributed by atoms with van der Waals surface area (Å²) in [6, 6.07) is 4.78. The molecule has 142 valence electrons. The van der Waals surface area contributed by atoms with Crippen LogP contribution in [0, 0.1) is 11.6 Å². The van der Waals surface area contributed by atoms with Gasteiger partial charge < -0.3 is 9.47 Å². The number of pyridine rings is 1. The van der Waals surface area contributed by atoms with Crippen LogP contribution in [0.5, 0.6) is 0 Å². The van der Waals surface area contributed by atoms with Crippen molar-refractivity contribution >= 4 is 12.0 Å². The molecular weight excluding hydrogens is 366 g/mol. The smallest absolute Gasteiger partial charge is 0.330 e. The Labute approximate surface area is 152 Å². The summed E-state index contributed by atoms with van der Waals surface area (Å²) in [4.78, 5) is 15.0. The maximum absolute atomic E-state index is 15.0. The highest BCUT2D eigenvalue weighted by Crippen LogP contribution is 2.56. The summed E-state index contributed by atoms with van der Waals surface area (Å²) in [6.07, 6.45) is 3.67. The highest BCUT2D eigenvalue weighted by atomic mass is 19.3. The van der Waals surface area contributed by atoms with Gasteiger partial charge in [-0.25, -0.2) is 13.6 Å². The van der Waals surface area contributed by atoms with Gasteiger partial charge in [0, 0.05) is 23.9 Å². The molecule has 1 aliphatic heterocycles. The molecule has 3 rings (SSSR count). The average molecular weight is 381 g/mol. The summed E-state index contributed by atoms with van der Waals surface area (Å²) in [5.41, 5.74) is -2.87. The molecule has 1 saturated heterocycles. The van der Waals surface area contributed by atoms with Gasteiger partial charge in [0.05, 0.1) is 13.2 Å². The van der Waals surface area contributed by atoms with Crippen molar-refractivity contribution < 1.29 is 31.8 Å². The molecule has 1 fully saturated rings. The zero-order valence-corrected chi connectivity index (χ0v) is 14.2. The first-order valence-electron chi connectivity index (χ1n) is 8.09. The Hall–Kier alpha value is -2.74. The molecule has 4 nitrogen and oxygen atoms in total. The van der Waals surface area contributed by atoms with E-state index < -0.39 is 47.0 Å². The van der Waals surface area contributed by atoms with Gasteiger partial charge in [0.2, 0.25) is 0 Å². The molecule has 0 N–H and O–H groups in total. The lowest BCUT2D eigenvalue weighted by molar-refractivity contribution is -0.137. The molecule has 1 aliphatic rings. The van der Waals surface area contributed by atoms with E-state index in [-0.39, 0.29) is 6.61 Å². The van der Waals surface area contributed by atoms with Gasteiger partial charge in [0.1, 0.15) is 17.3 Å². The lowest BCUT2D eigenvalue weighted by Gasteiger charge is -2.24. The first-order chi connectivity index (χ1) is 12.8. The van der Waals surface area contributed by atoms with Crippen LogP contribution in [0.3, 0.4) is 0 Å². The molecular formula is C19H15F4NO3. The largest absolute Gasteiger partial charge is 0.463 e. The Kier molecular flexibility index (Phi) is 5.01. The third-order valence-corrected chi connectivity index (χ3v) is 4.11. The third-order valence-electron chi connectivity index (χ3n) is 4.11. The number of carbonyl (C=O) groups excluding carboxylic acids is 1. The molecule has 27 heavy (non-hydrogen) atoms. The minimum absolute atomic E-state index is 0.217. The molecule has 8 heteroatoms. The minimum Gasteiger partial charge on any atom is -0.463 e. The van der Waals surface area contributed by atoms with Crippen LogP contribution >= 0.6 is 0 Å². The molecule has 0 aliphatic carbocycles. The van der Waals surface area contributed by atoms with E-state index in [1.807, 2.05) is 0 Å². The summed E-state index contributed by atoms with van der Waals surface area (Å²) in [5.74, 6) is -6.19. The van der Waals surface area contributed by atoms with E-state index in [0.717, 1.165) is 30.5 Å². The molecule has 0 spiro atoms. The van der Waals surface area contributed by atoms with Gasteiger partial charge in [0.15, 0.2) is 5.60 Å². The van der Waals surface area contributed by atoms with Gasteiger partial charge in [-0.1, -0.05) is 6.07 Å². The van der Waals surface area contributed by atoms with Gasteiger partial charge in [-0.2, -0.15) is 8.78 Å². The topological polar surface area (TPSA) is 51.7 Å². The number of aromatic nitrogens is 1. The van der Waals surface area contributed by atoms with Crippen LogP contribution in [0.25, 0.3) is 6.08 Å². The molecule has 1 atom stereocenters. The minimum atomic E-state index is -3.64. The van der Waals surface area contributed by atoms with Gasteiger partial charge in [-0.05, 0) is 36.8 Å². The Morgan fingerprint density at radius 2 is 2.07 bits per heavy atom. The standard InChI is InChI=1S/C19H15F4NO3/c1-2-26-17(25)8-4-12-3-7-16(24-10-12)19(22,23)18(11-27-18)14-6-5-13(20)9-15(14)21/h3-10H,2,11H2,1H3/b8-4+. The molecule has 0 amide bonds. The van der Waals surface area contributed by atoms with Crippen LogP contribution in [-0.4, -0.2) is 24.2 Å². The maximum Gasteiger partial charge on any atom is 0.330 e. The Morgan fingerprint density at radius 1 is 1.33 bits per heavy atom. The number of esters is 1. The van der Waals surface area contributed by atoms with Crippen molar-refractivity contribution in [3.63, 3.8) is 0 Å². The predicted octanol–water partition coefficient (Wildman–Crippen LogP) is 3.95. The van der Waals surface area contributed by atoms with Crippen molar-refractivity contribution in [3.8, 4) is 0 Å². The lowest BCUT2D eigenvalue weighted by atomic mass is 9.90. The maximum atomic E-state index is 15.0. The molecule has 0 bridgehead atoms. The SMILES string of the molecule is CCOC(=O)/C=C/c1ccc(C(F)(F)C2(c3ccc(F)cc3F)CO2)nc1. The summed E-state index contributed by atoms with van der Waals surface area (Å²) in [7, 11) is 0. The first kappa shape index (κ1) is 19.0. The van der Waals surface area contributed by atoms with Crippen LogP contribution in [0.15, 0.2) is 42.6 Å². The van der Waals surface area contributed by atoms with Gasteiger partial charge in [-0.15, -0.1) is 0 Å². The Balaban J connectivity index is 1.85. The van der Waals surface area contributed by atoms with E-state index in [4.69, 9.17) is 9.47 Å². The first-order valence-corrected chi connectivity index (χ1v) is 8.09. The van der Waals surface area contributed by atoms with E-state index in [1.165, 1.54) is 12.1 Å². The molecule has 1 unspecified atom stereocenters. The second-order valence-electron chi connectivity index (χ2n) is 5.88. The van der Waals surface area contributed by atoms with Crippen molar-refractivity contribution in [2.24, 2.45) is 0 Å². The van der Waals surface area contributed by atoms with Crippen molar-refractivity contribution in [2.75, 3.05) is 13.2 Å². The molecule has 1 aromatic carbocycles. The average Bonchev–Trinajstić information content (AvgIpc) is 3.43. The normalized spacial score (nSPS) is 19.3. The molecule has 2 aromatic rings. The van der Waals surface area contributed by atoms with Crippen LogP contribution < -0.4 is 0 Å². The lowest BCUT2D eigenvalue weighted by Crippen LogP contribution is -2.34. The van der Waals surface area contributed by atoms with E-state index in [0.29, 0.717) is 11.6 Å². The number of rotatable bonds is 6. The molecule has 2 heterocycles. The summed E-state index contributed by atoms with van der Waals surface area (Å²) < 4.78 is 66.7. The second-order valence-corrected chi connectivity index (χ2v) is 5.88. The molecule has 1 aromatic heterocycles. The number of alkyl halides is 2. The number of carbonyl (C=O) groups is 1. The zero-order valence-electron chi connectivity index (χ0n) is 14.2. The number of halogens is 4. The fraction of sp³-hybridized carbons (Fsp3) is 0.263. The zero-order chi connectivity index (χ0) is 19.7. The number of nitrogens with zero attached hydrogens (tertiary/aromatic N) is 1. The quantitative estimate of drug-likeness (QED) is 0.329. The van der Waals surface area contributed by atoms with Crippen LogP contribution in [0.1, 0.15) is 23.7 Å². The number of benzene rings is 1. The summed E-state index contributed by atoms with van der Waals surface area (Å²) in [6.45, 7) is 1.45. The number of hydrogen-bond acceptors (Lipinski definition) is 4. The monoisotopic (exact) mass is 381 g/mol. The fourth-order valence-corrected chi connectivity index (χ4v) is 2.65. The fourth-order valence-electron chi connectivity index (χ4n) is 2.65. The second kappa shape index (κ2) is 7.11. The van der Waals surface area contributed by atoms with Crippen molar-refractivity contribution in [1.82, 2.24) is 4.98 Å². The third kappa shape index (κ3) is 3.57.